The smallest absolute Gasteiger partial charge is 0.255 e. The van der Waals surface area contributed by atoms with Gasteiger partial charge in [0.1, 0.15) is 5.75 Å². The number of carbonyl (C=O) groups excluding carboxylic acids is 2. The van der Waals surface area contributed by atoms with Crippen LogP contribution in [0.1, 0.15) is 53.3 Å². The van der Waals surface area contributed by atoms with E-state index in [1.54, 1.807) is 49.5 Å². The third-order valence-corrected chi connectivity index (χ3v) is 4.72. The Kier molecular flexibility index (Phi) is 8.33. The average Bonchev–Trinajstić information content (AvgIpc) is 2.68. The number of amides is 2. The second-order valence-corrected chi connectivity index (χ2v) is 6.99. The molecule has 0 aliphatic heterocycles. The zero-order valence-electron chi connectivity index (χ0n) is 15.7. The van der Waals surface area contributed by atoms with Crippen molar-refractivity contribution in [1.29, 1.82) is 0 Å². The van der Waals surface area contributed by atoms with E-state index in [9.17, 15) is 9.59 Å². The van der Waals surface area contributed by atoms with Gasteiger partial charge in [0.15, 0.2) is 0 Å². The normalized spacial score (nSPS) is 10.3. The van der Waals surface area contributed by atoms with Gasteiger partial charge in [0.2, 0.25) is 0 Å². The van der Waals surface area contributed by atoms with Crippen LogP contribution in [-0.2, 0) is 0 Å². The lowest BCUT2D eigenvalue weighted by Gasteiger charge is -2.12. The highest BCUT2D eigenvalue weighted by Gasteiger charge is 2.14. The number of ether oxygens (including phenoxy) is 1. The standard InChI is InChI=1S/C21H25BrN2O3/c1-3-4-5-8-13-27-19-12-11-15(14-17(19)22)20(25)24-18-10-7-6-9-16(18)21(26)23-2/h6-7,9-12,14H,3-5,8,13H2,1-2H3,(H,23,26)(H,24,25). The van der Waals surface area contributed by atoms with Crippen molar-refractivity contribution in [1.82, 2.24) is 5.32 Å². The molecule has 144 valence electrons. The molecule has 2 rings (SSSR count). The number of hydrogen-bond acceptors (Lipinski definition) is 3. The monoisotopic (exact) mass is 432 g/mol. The van der Waals surface area contributed by atoms with Crippen molar-refractivity contribution in [2.45, 2.75) is 32.6 Å². The van der Waals surface area contributed by atoms with Crippen LogP contribution in [0.3, 0.4) is 0 Å². The van der Waals surface area contributed by atoms with Crippen LogP contribution in [-0.4, -0.2) is 25.5 Å². The molecule has 0 fully saturated rings. The first kappa shape index (κ1) is 21.0. The van der Waals surface area contributed by atoms with Gasteiger partial charge in [-0.1, -0.05) is 38.3 Å². The maximum absolute atomic E-state index is 12.6. The van der Waals surface area contributed by atoms with Gasteiger partial charge in [-0.3, -0.25) is 9.59 Å². The van der Waals surface area contributed by atoms with Gasteiger partial charge >= 0.3 is 0 Å². The molecular weight excluding hydrogens is 408 g/mol. The van der Waals surface area contributed by atoms with Gasteiger partial charge in [0, 0.05) is 12.6 Å². The van der Waals surface area contributed by atoms with Crippen LogP contribution in [0.25, 0.3) is 0 Å². The summed E-state index contributed by atoms with van der Waals surface area (Å²) in [4.78, 5) is 24.5. The molecular formula is C21H25BrN2O3. The van der Waals surface area contributed by atoms with Crippen molar-refractivity contribution in [3.63, 3.8) is 0 Å². The first-order chi connectivity index (χ1) is 13.1. The molecule has 0 radical (unpaired) electrons. The summed E-state index contributed by atoms with van der Waals surface area (Å²) in [5, 5.41) is 5.36. The van der Waals surface area contributed by atoms with E-state index in [0.717, 1.165) is 17.3 Å². The number of para-hydroxylation sites is 1. The third-order valence-electron chi connectivity index (χ3n) is 4.10. The fraction of sp³-hybridized carbons (Fsp3) is 0.333. The van der Waals surface area contributed by atoms with E-state index in [4.69, 9.17) is 4.74 Å². The van der Waals surface area contributed by atoms with E-state index in [0.29, 0.717) is 29.2 Å². The molecule has 2 aromatic carbocycles. The number of anilines is 1. The second kappa shape index (κ2) is 10.7. The highest BCUT2D eigenvalue weighted by Crippen LogP contribution is 2.27. The Labute approximate surface area is 168 Å². The van der Waals surface area contributed by atoms with Crippen LogP contribution in [0, 0.1) is 0 Å². The van der Waals surface area contributed by atoms with Gasteiger partial charge in [-0.15, -0.1) is 0 Å². The summed E-state index contributed by atoms with van der Waals surface area (Å²) in [5.41, 5.74) is 1.36. The van der Waals surface area contributed by atoms with E-state index >= 15 is 0 Å². The number of halogens is 1. The molecule has 0 bridgehead atoms. The molecule has 0 spiro atoms. The number of hydrogen-bond donors (Lipinski definition) is 2. The molecule has 0 aliphatic rings. The summed E-state index contributed by atoms with van der Waals surface area (Å²) in [5.74, 6) is 0.175. The topological polar surface area (TPSA) is 67.4 Å². The van der Waals surface area contributed by atoms with Crippen LogP contribution in [0.15, 0.2) is 46.9 Å². The Morgan fingerprint density at radius 1 is 1.04 bits per heavy atom. The van der Waals surface area contributed by atoms with Gasteiger partial charge in [0.05, 0.1) is 22.3 Å². The SMILES string of the molecule is CCCCCCOc1ccc(C(=O)Nc2ccccc2C(=O)NC)cc1Br. The maximum Gasteiger partial charge on any atom is 0.255 e. The quantitative estimate of drug-likeness (QED) is 0.546. The second-order valence-electron chi connectivity index (χ2n) is 6.13. The number of nitrogens with one attached hydrogen (secondary N) is 2. The van der Waals surface area contributed by atoms with Gasteiger partial charge < -0.3 is 15.4 Å². The molecule has 0 saturated carbocycles. The lowest BCUT2D eigenvalue weighted by Crippen LogP contribution is -2.21. The molecule has 2 aromatic rings. The van der Waals surface area contributed by atoms with Crippen molar-refractivity contribution < 1.29 is 14.3 Å². The number of benzene rings is 2. The fourth-order valence-corrected chi connectivity index (χ4v) is 3.08. The minimum atomic E-state index is -0.290. The average molecular weight is 433 g/mol. The van der Waals surface area contributed by atoms with E-state index in [1.165, 1.54) is 12.8 Å². The van der Waals surface area contributed by atoms with Crippen molar-refractivity contribution in [2.75, 3.05) is 19.0 Å². The van der Waals surface area contributed by atoms with Gasteiger partial charge in [0.25, 0.3) is 11.8 Å². The molecule has 2 N–H and O–H groups in total. The molecule has 6 heteroatoms. The summed E-state index contributed by atoms with van der Waals surface area (Å²) in [7, 11) is 1.55. The number of unbranched alkanes of at least 4 members (excludes halogenated alkanes) is 3. The predicted octanol–water partition coefficient (Wildman–Crippen LogP) is 5.02. The van der Waals surface area contributed by atoms with Crippen LogP contribution in [0.5, 0.6) is 5.75 Å². The van der Waals surface area contributed by atoms with E-state index in [2.05, 4.69) is 33.5 Å². The van der Waals surface area contributed by atoms with Gasteiger partial charge in [-0.05, 0) is 52.7 Å². The van der Waals surface area contributed by atoms with Crippen molar-refractivity contribution >= 4 is 33.4 Å². The Morgan fingerprint density at radius 2 is 1.81 bits per heavy atom. The summed E-state index contributed by atoms with van der Waals surface area (Å²) >= 11 is 3.46. The largest absolute Gasteiger partial charge is 0.492 e. The van der Waals surface area contributed by atoms with Crippen LogP contribution in [0.4, 0.5) is 5.69 Å². The zero-order valence-corrected chi connectivity index (χ0v) is 17.3. The zero-order chi connectivity index (χ0) is 19.6. The fourth-order valence-electron chi connectivity index (χ4n) is 2.59. The summed E-state index contributed by atoms with van der Waals surface area (Å²) in [6, 6.07) is 12.1. The lowest BCUT2D eigenvalue weighted by atomic mass is 10.1. The summed E-state index contributed by atoms with van der Waals surface area (Å²) in [6.45, 7) is 2.83. The van der Waals surface area contributed by atoms with Crippen LogP contribution < -0.4 is 15.4 Å². The summed E-state index contributed by atoms with van der Waals surface area (Å²) < 4.78 is 6.50. The third kappa shape index (κ3) is 6.10. The van der Waals surface area contributed by atoms with Crippen molar-refractivity contribution in [2.24, 2.45) is 0 Å². The highest BCUT2D eigenvalue weighted by atomic mass is 79.9. The Morgan fingerprint density at radius 3 is 2.52 bits per heavy atom. The Bertz CT molecular complexity index is 793. The number of carbonyl (C=O) groups is 2. The van der Waals surface area contributed by atoms with Crippen LogP contribution in [0.2, 0.25) is 0 Å². The molecule has 0 aliphatic carbocycles. The van der Waals surface area contributed by atoms with E-state index in [-0.39, 0.29) is 11.8 Å². The molecule has 0 saturated heterocycles. The molecule has 2 amide bonds. The molecule has 0 heterocycles. The molecule has 0 aromatic heterocycles. The van der Waals surface area contributed by atoms with Crippen LogP contribution >= 0.6 is 15.9 Å². The van der Waals surface area contributed by atoms with Gasteiger partial charge in [-0.2, -0.15) is 0 Å². The molecule has 0 unspecified atom stereocenters. The van der Waals surface area contributed by atoms with Gasteiger partial charge in [-0.25, -0.2) is 0 Å². The Hall–Kier alpha value is -2.34. The van der Waals surface area contributed by atoms with E-state index in [1.807, 2.05) is 0 Å². The molecule has 0 atom stereocenters. The highest BCUT2D eigenvalue weighted by molar-refractivity contribution is 9.10. The number of rotatable bonds is 9. The Balaban J connectivity index is 2.03. The molecule has 5 nitrogen and oxygen atoms in total. The molecule has 27 heavy (non-hydrogen) atoms. The van der Waals surface area contributed by atoms with E-state index < -0.39 is 0 Å². The van der Waals surface area contributed by atoms with Crippen molar-refractivity contribution in [3.05, 3.63) is 58.1 Å². The minimum absolute atomic E-state index is 0.251. The predicted molar refractivity (Wildman–Crippen MR) is 112 cm³/mol. The summed E-state index contributed by atoms with van der Waals surface area (Å²) in [6.07, 6.45) is 4.57. The minimum Gasteiger partial charge on any atom is -0.492 e. The lowest BCUT2D eigenvalue weighted by molar-refractivity contribution is 0.0964. The first-order valence-electron chi connectivity index (χ1n) is 9.11. The van der Waals surface area contributed by atoms with Crippen molar-refractivity contribution in [3.8, 4) is 5.75 Å². The maximum atomic E-state index is 12.6. The first-order valence-corrected chi connectivity index (χ1v) is 9.91.